The first-order valence-corrected chi connectivity index (χ1v) is 5.13. The average molecular weight is 244 g/mol. The summed E-state index contributed by atoms with van der Waals surface area (Å²) >= 11 is 5.86. The SMILES string of the molecule is COC(=O)c1cc(N2CC(Cl)CC2=O)n[nH]1. The maximum Gasteiger partial charge on any atom is 0.356 e. The monoisotopic (exact) mass is 243 g/mol. The maximum atomic E-state index is 11.5. The molecule has 7 heteroatoms. The summed E-state index contributed by atoms with van der Waals surface area (Å²) in [5.74, 6) is -0.218. The predicted octanol–water partition coefficient (Wildman–Crippen LogP) is 0.540. The molecule has 16 heavy (non-hydrogen) atoms. The molecule has 6 nitrogen and oxygen atoms in total. The van der Waals surface area contributed by atoms with Crippen LogP contribution in [0.2, 0.25) is 0 Å². The lowest BCUT2D eigenvalue weighted by Crippen LogP contribution is -2.24. The van der Waals surface area contributed by atoms with Gasteiger partial charge in [-0.25, -0.2) is 4.79 Å². The third-order valence-corrected chi connectivity index (χ3v) is 2.62. The number of carbonyl (C=O) groups is 2. The van der Waals surface area contributed by atoms with Crippen molar-refractivity contribution in [3.8, 4) is 0 Å². The zero-order valence-electron chi connectivity index (χ0n) is 8.57. The number of rotatable bonds is 2. The van der Waals surface area contributed by atoms with Crippen LogP contribution >= 0.6 is 11.6 Å². The highest BCUT2D eigenvalue weighted by atomic mass is 35.5. The molecule has 0 bridgehead atoms. The normalized spacial score (nSPS) is 20.2. The Bertz CT molecular complexity index is 431. The zero-order chi connectivity index (χ0) is 11.7. The Morgan fingerprint density at radius 3 is 3.06 bits per heavy atom. The van der Waals surface area contributed by atoms with Crippen LogP contribution in [-0.2, 0) is 9.53 Å². The topological polar surface area (TPSA) is 75.3 Å². The van der Waals surface area contributed by atoms with E-state index in [-0.39, 0.29) is 17.0 Å². The van der Waals surface area contributed by atoms with Crippen LogP contribution < -0.4 is 4.90 Å². The fourth-order valence-electron chi connectivity index (χ4n) is 1.55. The number of amides is 1. The number of alkyl halides is 1. The lowest BCUT2D eigenvalue weighted by molar-refractivity contribution is -0.117. The molecule has 2 rings (SSSR count). The van der Waals surface area contributed by atoms with Gasteiger partial charge in [-0.2, -0.15) is 5.10 Å². The number of H-pyrrole nitrogens is 1. The van der Waals surface area contributed by atoms with E-state index in [1.165, 1.54) is 18.1 Å². The zero-order valence-corrected chi connectivity index (χ0v) is 9.32. The van der Waals surface area contributed by atoms with E-state index in [1.807, 2.05) is 0 Å². The van der Waals surface area contributed by atoms with Gasteiger partial charge in [-0.3, -0.25) is 14.8 Å². The Morgan fingerprint density at radius 2 is 2.50 bits per heavy atom. The van der Waals surface area contributed by atoms with Crippen molar-refractivity contribution < 1.29 is 14.3 Å². The van der Waals surface area contributed by atoms with E-state index >= 15 is 0 Å². The molecule has 1 atom stereocenters. The van der Waals surface area contributed by atoms with Crippen molar-refractivity contribution in [1.82, 2.24) is 10.2 Å². The van der Waals surface area contributed by atoms with Gasteiger partial charge < -0.3 is 4.74 Å². The lowest BCUT2D eigenvalue weighted by Gasteiger charge is -2.10. The van der Waals surface area contributed by atoms with Crippen LogP contribution in [0.5, 0.6) is 0 Å². The van der Waals surface area contributed by atoms with E-state index in [0.29, 0.717) is 18.8 Å². The molecule has 1 aromatic rings. The first-order valence-electron chi connectivity index (χ1n) is 4.70. The summed E-state index contributed by atoms with van der Waals surface area (Å²) in [7, 11) is 1.28. The molecule has 1 aliphatic rings. The number of halogens is 1. The predicted molar refractivity (Wildman–Crippen MR) is 56.5 cm³/mol. The van der Waals surface area contributed by atoms with Gasteiger partial charge in [-0.15, -0.1) is 11.6 Å². The van der Waals surface area contributed by atoms with Gasteiger partial charge in [-0.1, -0.05) is 0 Å². The summed E-state index contributed by atoms with van der Waals surface area (Å²) in [6.45, 7) is 0.409. The molecular formula is C9H10ClN3O3. The third kappa shape index (κ3) is 1.88. The van der Waals surface area contributed by atoms with Crippen LogP contribution in [0.4, 0.5) is 5.82 Å². The Hall–Kier alpha value is -1.56. The Morgan fingerprint density at radius 1 is 1.75 bits per heavy atom. The number of aromatic nitrogens is 2. The van der Waals surface area contributed by atoms with Crippen molar-refractivity contribution in [2.24, 2.45) is 0 Å². The number of hydrogen-bond donors (Lipinski definition) is 1. The largest absolute Gasteiger partial charge is 0.464 e. The highest BCUT2D eigenvalue weighted by Gasteiger charge is 2.31. The second kappa shape index (κ2) is 4.13. The number of carbonyl (C=O) groups excluding carboxylic acids is 2. The van der Waals surface area contributed by atoms with E-state index in [4.69, 9.17) is 11.6 Å². The van der Waals surface area contributed by atoms with E-state index in [2.05, 4.69) is 14.9 Å². The van der Waals surface area contributed by atoms with Crippen molar-refractivity contribution in [1.29, 1.82) is 0 Å². The second-order valence-electron chi connectivity index (χ2n) is 3.44. The van der Waals surface area contributed by atoms with Crippen LogP contribution in [-0.4, -0.2) is 41.1 Å². The smallest absolute Gasteiger partial charge is 0.356 e. The van der Waals surface area contributed by atoms with Gasteiger partial charge in [0.15, 0.2) is 5.82 Å². The minimum Gasteiger partial charge on any atom is -0.464 e. The van der Waals surface area contributed by atoms with Crippen LogP contribution in [0.15, 0.2) is 6.07 Å². The fourth-order valence-corrected chi connectivity index (χ4v) is 1.82. The fraction of sp³-hybridized carbons (Fsp3) is 0.444. The molecule has 0 aliphatic carbocycles. The van der Waals surface area contributed by atoms with Gasteiger partial charge in [0, 0.05) is 19.0 Å². The van der Waals surface area contributed by atoms with Crippen molar-refractivity contribution >= 4 is 29.3 Å². The van der Waals surface area contributed by atoms with Crippen LogP contribution in [0.25, 0.3) is 0 Å². The highest BCUT2D eigenvalue weighted by molar-refractivity contribution is 6.24. The quantitative estimate of drug-likeness (QED) is 0.608. The number of esters is 1. The minimum absolute atomic E-state index is 0.0945. The molecule has 0 spiro atoms. The molecule has 0 aromatic carbocycles. The Labute approximate surface area is 96.5 Å². The molecule has 0 saturated carbocycles. The number of anilines is 1. The number of hydrogen-bond acceptors (Lipinski definition) is 4. The summed E-state index contributed by atoms with van der Waals surface area (Å²) < 4.78 is 4.52. The van der Waals surface area contributed by atoms with Crippen LogP contribution in [0.3, 0.4) is 0 Å². The molecule has 2 heterocycles. The molecule has 1 amide bonds. The summed E-state index contributed by atoms with van der Waals surface area (Å²) in [5.41, 5.74) is 0.211. The molecule has 1 aliphatic heterocycles. The molecule has 1 aromatic heterocycles. The number of aromatic amines is 1. The van der Waals surface area contributed by atoms with Crippen LogP contribution in [0.1, 0.15) is 16.9 Å². The van der Waals surface area contributed by atoms with Gasteiger partial charge in [0.25, 0.3) is 0 Å². The number of nitrogens with one attached hydrogen (secondary N) is 1. The van der Waals surface area contributed by atoms with Crippen molar-refractivity contribution in [2.75, 3.05) is 18.6 Å². The Balaban J connectivity index is 2.19. The number of methoxy groups -OCH3 is 1. The van der Waals surface area contributed by atoms with Crippen molar-refractivity contribution in [3.05, 3.63) is 11.8 Å². The van der Waals surface area contributed by atoms with Gasteiger partial charge in [0.2, 0.25) is 5.91 Å². The standard InChI is InChI=1S/C9H10ClN3O3/c1-16-9(15)6-3-7(12-11-6)13-4-5(10)2-8(13)14/h3,5H,2,4H2,1H3,(H,11,12). The summed E-state index contributed by atoms with van der Waals surface area (Å²) in [5, 5.41) is 6.18. The Kier molecular flexibility index (Phi) is 2.82. The highest BCUT2D eigenvalue weighted by Crippen LogP contribution is 2.22. The molecule has 1 N–H and O–H groups in total. The summed E-state index contributed by atoms with van der Waals surface area (Å²) in [6.07, 6.45) is 0.294. The van der Waals surface area contributed by atoms with Gasteiger partial charge in [0.05, 0.1) is 12.5 Å². The van der Waals surface area contributed by atoms with Crippen LogP contribution in [0, 0.1) is 0 Å². The van der Waals surface area contributed by atoms with Crippen molar-refractivity contribution in [2.45, 2.75) is 11.8 Å². The molecule has 1 saturated heterocycles. The van der Waals surface area contributed by atoms with Gasteiger partial charge in [0.1, 0.15) is 5.69 Å². The maximum absolute atomic E-state index is 11.5. The van der Waals surface area contributed by atoms with E-state index in [9.17, 15) is 9.59 Å². The van der Waals surface area contributed by atoms with Gasteiger partial charge in [-0.05, 0) is 0 Å². The molecule has 1 fully saturated rings. The molecule has 86 valence electrons. The van der Waals surface area contributed by atoms with E-state index < -0.39 is 5.97 Å². The number of nitrogens with zero attached hydrogens (tertiary/aromatic N) is 2. The summed E-state index contributed by atoms with van der Waals surface area (Å²) in [6, 6.07) is 1.47. The van der Waals surface area contributed by atoms with Crippen molar-refractivity contribution in [3.63, 3.8) is 0 Å². The minimum atomic E-state index is -0.521. The summed E-state index contributed by atoms with van der Waals surface area (Å²) in [4.78, 5) is 24.1. The first kappa shape index (κ1) is 10.9. The lowest BCUT2D eigenvalue weighted by atomic mass is 10.4. The second-order valence-corrected chi connectivity index (χ2v) is 4.05. The van der Waals surface area contributed by atoms with Gasteiger partial charge >= 0.3 is 5.97 Å². The van der Waals surface area contributed by atoms with E-state index in [1.54, 1.807) is 0 Å². The molecule has 1 unspecified atom stereocenters. The molecule has 0 radical (unpaired) electrons. The van der Waals surface area contributed by atoms with E-state index in [0.717, 1.165) is 0 Å². The third-order valence-electron chi connectivity index (χ3n) is 2.32. The molecular weight excluding hydrogens is 234 g/mol. The number of ether oxygens (including phenoxy) is 1. The average Bonchev–Trinajstić information content (AvgIpc) is 2.83. The first-order chi connectivity index (χ1) is 7.61.